The van der Waals surface area contributed by atoms with E-state index in [1.165, 1.54) is 6.26 Å². The van der Waals surface area contributed by atoms with E-state index in [2.05, 4.69) is 15.5 Å². The van der Waals surface area contributed by atoms with Crippen LogP contribution in [0.15, 0.2) is 22.8 Å². The van der Waals surface area contributed by atoms with Crippen molar-refractivity contribution in [1.82, 2.24) is 15.5 Å². The highest BCUT2D eigenvalue weighted by molar-refractivity contribution is 5.94. The first kappa shape index (κ1) is 11.4. The number of carbonyl (C=O) groups excluding carboxylic acids is 1. The fourth-order valence-electron chi connectivity index (χ4n) is 1.57. The first-order valence-electron chi connectivity index (χ1n) is 5.56. The molecule has 0 fully saturated rings. The zero-order valence-electron chi connectivity index (χ0n) is 9.91. The number of carbonyl (C=O) groups is 1. The summed E-state index contributed by atoms with van der Waals surface area (Å²) in [6.45, 7) is 4.24. The SMILES string of the molecule is CCc1cc(CNC(=O)c2ccoc2C)[nH]n1. The predicted molar refractivity (Wildman–Crippen MR) is 62.6 cm³/mol. The van der Waals surface area contributed by atoms with Gasteiger partial charge in [0.15, 0.2) is 0 Å². The zero-order chi connectivity index (χ0) is 12.3. The second-order valence-corrected chi connectivity index (χ2v) is 3.81. The molecule has 0 aliphatic rings. The molecule has 1 amide bonds. The molecule has 0 unspecified atom stereocenters. The lowest BCUT2D eigenvalue weighted by Crippen LogP contribution is -2.23. The van der Waals surface area contributed by atoms with Crippen LogP contribution in [0, 0.1) is 6.92 Å². The van der Waals surface area contributed by atoms with Crippen LogP contribution >= 0.6 is 0 Å². The lowest BCUT2D eigenvalue weighted by molar-refractivity contribution is 0.0949. The van der Waals surface area contributed by atoms with Gasteiger partial charge in [0, 0.05) is 0 Å². The maximum Gasteiger partial charge on any atom is 0.255 e. The molecule has 2 aromatic heterocycles. The van der Waals surface area contributed by atoms with Crippen molar-refractivity contribution in [3.05, 3.63) is 41.1 Å². The Kier molecular flexibility index (Phi) is 3.27. The van der Waals surface area contributed by atoms with Crippen LogP contribution < -0.4 is 5.32 Å². The van der Waals surface area contributed by atoms with Crippen molar-refractivity contribution in [3.63, 3.8) is 0 Å². The largest absolute Gasteiger partial charge is 0.469 e. The lowest BCUT2D eigenvalue weighted by Gasteiger charge is -2.01. The predicted octanol–water partition coefficient (Wildman–Crippen LogP) is 1.80. The second-order valence-electron chi connectivity index (χ2n) is 3.81. The average Bonchev–Trinajstić information content (AvgIpc) is 2.94. The Morgan fingerprint density at radius 1 is 1.59 bits per heavy atom. The first-order chi connectivity index (χ1) is 8.20. The number of hydrogen-bond donors (Lipinski definition) is 2. The van der Waals surface area contributed by atoms with Gasteiger partial charge < -0.3 is 9.73 Å². The van der Waals surface area contributed by atoms with Crippen LogP contribution in [0.5, 0.6) is 0 Å². The van der Waals surface area contributed by atoms with Crippen LogP contribution in [0.1, 0.15) is 34.4 Å². The highest BCUT2D eigenvalue weighted by atomic mass is 16.3. The highest BCUT2D eigenvalue weighted by Gasteiger charge is 2.11. The number of hydrogen-bond acceptors (Lipinski definition) is 3. The van der Waals surface area contributed by atoms with Gasteiger partial charge in [-0.3, -0.25) is 9.89 Å². The van der Waals surface area contributed by atoms with Gasteiger partial charge in [0.2, 0.25) is 0 Å². The number of aromatic nitrogens is 2. The molecular formula is C12H15N3O2. The quantitative estimate of drug-likeness (QED) is 0.845. The van der Waals surface area contributed by atoms with Gasteiger partial charge >= 0.3 is 0 Å². The third-order valence-electron chi connectivity index (χ3n) is 2.59. The molecule has 5 heteroatoms. The summed E-state index contributed by atoms with van der Waals surface area (Å²) in [7, 11) is 0. The van der Waals surface area contributed by atoms with Crippen molar-refractivity contribution in [2.24, 2.45) is 0 Å². The molecule has 2 aromatic rings. The van der Waals surface area contributed by atoms with E-state index in [0.29, 0.717) is 17.9 Å². The Morgan fingerprint density at radius 3 is 3.00 bits per heavy atom. The number of nitrogens with zero attached hydrogens (tertiary/aromatic N) is 1. The maximum absolute atomic E-state index is 11.8. The van der Waals surface area contributed by atoms with E-state index in [-0.39, 0.29) is 5.91 Å². The molecule has 17 heavy (non-hydrogen) atoms. The van der Waals surface area contributed by atoms with E-state index in [1.54, 1.807) is 13.0 Å². The Morgan fingerprint density at radius 2 is 2.41 bits per heavy atom. The van der Waals surface area contributed by atoms with Crippen molar-refractivity contribution in [2.75, 3.05) is 0 Å². The fourth-order valence-corrected chi connectivity index (χ4v) is 1.57. The Balaban J connectivity index is 1.94. The Hall–Kier alpha value is -2.04. The van der Waals surface area contributed by atoms with E-state index in [1.807, 2.05) is 13.0 Å². The zero-order valence-corrected chi connectivity index (χ0v) is 9.91. The summed E-state index contributed by atoms with van der Waals surface area (Å²) < 4.78 is 5.08. The van der Waals surface area contributed by atoms with E-state index in [4.69, 9.17) is 4.42 Å². The molecular weight excluding hydrogens is 218 g/mol. The summed E-state index contributed by atoms with van der Waals surface area (Å²) in [5, 5.41) is 9.79. The molecule has 2 heterocycles. The summed E-state index contributed by atoms with van der Waals surface area (Å²) in [5.41, 5.74) is 2.46. The summed E-state index contributed by atoms with van der Waals surface area (Å²) in [5.74, 6) is 0.491. The fraction of sp³-hybridized carbons (Fsp3) is 0.333. The molecule has 0 aromatic carbocycles. The van der Waals surface area contributed by atoms with Crippen molar-refractivity contribution in [1.29, 1.82) is 0 Å². The normalized spacial score (nSPS) is 10.5. The van der Waals surface area contributed by atoms with Crippen molar-refractivity contribution < 1.29 is 9.21 Å². The molecule has 0 atom stereocenters. The van der Waals surface area contributed by atoms with Crippen LogP contribution in [0.2, 0.25) is 0 Å². The van der Waals surface area contributed by atoms with Crippen LogP contribution in [0.25, 0.3) is 0 Å². The molecule has 0 saturated heterocycles. The number of H-pyrrole nitrogens is 1. The second kappa shape index (κ2) is 4.86. The molecule has 2 rings (SSSR count). The Labute approximate surface area is 99.2 Å². The lowest BCUT2D eigenvalue weighted by atomic mass is 10.2. The summed E-state index contributed by atoms with van der Waals surface area (Å²) in [6, 6.07) is 3.61. The van der Waals surface area contributed by atoms with E-state index < -0.39 is 0 Å². The Bertz CT molecular complexity index is 513. The minimum absolute atomic E-state index is 0.135. The van der Waals surface area contributed by atoms with Crippen LogP contribution in [0.3, 0.4) is 0 Å². The van der Waals surface area contributed by atoms with E-state index in [0.717, 1.165) is 17.8 Å². The van der Waals surface area contributed by atoms with E-state index >= 15 is 0 Å². The number of amides is 1. The van der Waals surface area contributed by atoms with Crippen molar-refractivity contribution in [2.45, 2.75) is 26.8 Å². The minimum Gasteiger partial charge on any atom is -0.469 e. The summed E-state index contributed by atoms with van der Waals surface area (Å²) in [4.78, 5) is 11.8. The van der Waals surface area contributed by atoms with Gasteiger partial charge in [0.25, 0.3) is 5.91 Å². The number of aromatic amines is 1. The third kappa shape index (κ3) is 2.55. The summed E-state index contributed by atoms with van der Waals surface area (Å²) >= 11 is 0. The van der Waals surface area contributed by atoms with Crippen molar-refractivity contribution in [3.8, 4) is 0 Å². The molecule has 0 spiro atoms. The molecule has 2 N–H and O–H groups in total. The average molecular weight is 233 g/mol. The van der Waals surface area contributed by atoms with Crippen LogP contribution in [-0.4, -0.2) is 16.1 Å². The maximum atomic E-state index is 11.8. The van der Waals surface area contributed by atoms with Gasteiger partial charge in [-0.05, 0) is 25.5 Å². The molecule has 0 aliphatic carbocycles. The van der Waals surface area contributed by atoms with Gasteiger partial charge in [0.1, 0.15) is 5.76 Å². The summed E-state index contributed by atoms with van der Waals surface area (Å²) in [6.07, 6.45) is 2.39. The molecule has 0 bridgehead atoms. The van der Waals surface area contributed by atoms with Crippen LogP contribution in [-0.2, 0) is 13.0 Å². The first-order valence-corrected chi connectivity index (χ1v) is 5.56. The van der Waals surface area contributed by atoms with Crippen LogP contribution in [0.4, 0.5) is 0 Å². The van der Waals surface area contributed by atoms with Gasteiger partial charge in [-0.1, -0.05) is 6.92 Å². The van der Waals surface area contributed by atoms with E-state index in [9.17, 15) is 4.79 Å². The standard InChI is InChI=1S/C12H15N3O2/c1-3-9-6-10(15-14-9)7-13-12(16)11-4-5-17-8(11)2/h4-6H,3,7H2,1-2H3,(H,13,16)(H,14,15). The molecule has 0 radical (unpaired) electrons. The monoisotopic (exact) mass is 233 g/mol. The number of nitrogens with one attached hydrogen (secondary N) is 2. The topological polar surface area (TPSA) is 70.9 Å². The number of furan rings is 1. The molecule has 0 aliphatic heterocycles. The number of rotatable bonds is 4. The minimum atomic E-state index is -0.135. The smallest absolute Gasteiger partial charge is 0.255 e. The molecule has 5 nitrogen and oxygen atoms in total. The van der Waals surface area contributed by atoms with Gasteiger partial charge in [-0.15, -0.1) is 0 Å². The third-order valence-corrected chi connectivity index (χ3v) is 2.59. The van der Waals surface area contributed by atoms with Gasteiger partial charge in [0.05, 0.1) is 29.8 Å². The van der Waals surface area contributed by atoms with Crippen molar-refractivity contribution >= 4 is 5.91 Å². The van der Waals surface area contributed by atoms with Gasteiger partial charge in [-0.25, -0.2) is 0 Å². The highest BCUT2D eigenvalue weighted by Crippen LogP contribution is 2.08. The molecule has 0 saturated carbocycles. The number of aryl methyl sites for hydroxylation is 2. The molecule has 90 valence electrons. The van der Waals surface area contributed by atoms with Gasteiger partial charge in [-0.2, -0.15) is 5.10 Å².